The molecule has 1 aromatic heterocycles. The molecule has 1 heterocycles. The van der Waals surface area contributed by atoms with Crippen molar-refractivity contribution in [1.29, 1.82) is 0 Å². The van der Waals surface area contributed by atoms with Crippen LogP contribution >= 0.6 is 0 Å². The van der Waals surface area contributed by atoms with Crippen molar-refractivity contribution in [2.45, 2.75) is 6.42 Å². The van der Waals surface area contributed by atoms with E-state index < -0.39 is 5.56 Å². The molecule has 3 aromatic rings. The fourth-order valence-electron chi connectivity index (χ4n) is 2.10. The standard InChI is InChI=1S/C17H15N5O/c18-16-15(22-21-13-9-5-2-6-10-13)17(23)20-14(19-16)11-12-7-3-1-4-8-12/h1-10H,11H2,(H3,18,19,20,23). The van der Waals surface area contributed by atoms with Gasteiger partial charge >= 0.3 is 0 Å². The number of aromatic nitrogens is 2. The fraction of sp³-hybridized carbons (Fsp3) is 0.0588. The number of H-pyrrole nitrogens is 1. The maximum atomic E-state index is 12.1. The minimum Gasteiger partial charge on any atom is -0.382 e. The van der Waals surface area contributed by atoms with Crippen LogP contribution in [0.1, 0.15) is 11.4 Å². The molecule has 0 aliphatic carbocycles. The van der Waals surface area contributed by atoms with Gasteiger partial charge in [0.1, 0.15) is 5.82 Å². The number of nitrogens with zero attached hydrogens (tertiary/aromatic N) is 3. The number of nitrogen functional groups attached to an aromatic ring is 1. The topological polar surface area (TPSA) is 96.5 Å². The molecule has 3 N–H and O–H groups in total. The molecule has 6 heteroatoms. The van der Waals surface area contributed by atoms with Crippen LogP contribution in [0, 0.1) is 0 Å². The van der Waals surface area contributed by atoms with Crippen molar-refractivity contribution in [3.8, 4) is 0 Å². The van der Waals surface area contributed by atoms with Crippen LogP contribution in [0.4, 0.5) is 17.2 Å². The maximum Gasteiger partial charge on any atom is 0.280 e. The zero-order chi connectivity index (χ0) is 16.1. The second-order valence-corrected chi connectivity index (χ2v) is 4.94. The number of hydrogen-bond donors (Lipinski definition) is 2. The second-order valence-electron chi connectivity index (χ2n) is 4.94. The number of hydrogen-bond acceptors (Lipinski definition) is 5. The lowest BCUT2D eigenvalue weighted by atomic mass is 10.1. The van der Waals surface area contributed by atoms with Gasteiger partial charge < -0.3 is 10.7 Å². The first-order valence-electron chi connectivity index (χ1n) is 7.12. The number of nitrogens with two attached hydrogens (primary N) is 1. The largest absolute Gasteiger partial charge is 0.382 e. The third kappa shape index (κ3) is 3.68. The number of anilines is 1. The zero-order valence-electron chi connectivity index (χ0n) is 12.3. The molecule has 23 heavy (non-hydrogen) atoms. The van der Waals surface area contributed by atoms with Gasteiger partial charge in [-0.1, -0.05) is 48.5 Å². The highest BCUT2D eigenvalue weighted by Gasteiger charge is 2.09. The van der Waals surface area contributed by atoms with Crippen LogP contribution in [0.3, 0.4) is 0 Å². The van der Waals surface area contributed by atoms with E-state index >= 15 is 0 Å². The lowest BCUT2D eigenvalue weighted by Crippen LogP contribution is -2.14. The SMILES string of the molecule is Nc1nc(Cc2ccccc2)[nH]c(=O)c1N=Nc1ccccc1. The van der Waals surface area contributed by atoms with Crippen molar-refractivity contribution in [1.82, 2.24) is 9.97 Å². The molecule has 6 nitrogen and oxygen atoms in total. The molecule has 0 fully saturated rings. The summed E-state index contributed by atoms with van der Waals surface area (Å²) in [7, 11) is 0. The Balaban J connectivity index is 1.86. The van der Waals surface area contributed by atoms with Gasteiger partial charge in [0.05, 0.1) is 5.69 Å². The number of aromatic amines is 1. The summed E-state index contributed by atoms with van der Waals surface area (Å²) >= 11 is 0. The average Bonchev–Trinajstić information content (AvgIpc) is 2.56. The molecule has 0 bridgehead atoms. The summed E-state index contributed by atoms with van der Waals surface area (Å²) in [5.41, 5.74) is 7.15. The van der Waals surface area contributed by atoms with Crippen LogP contribution in [0.15, 0.2) is 75.7 Å². The fourth-order valence-corrected chi connectivity index (χ4v) is 2.10. The minimum atomic E-state index is -0.400. The van der Waals surface area contributed by atoms with Crippen LogP contribution in [-0.2, 0) is 6.42 Å². The smallest absolute Gasteiger partial charge is 0.280 e. The van der Waals surface area contributed by atoms with Crippen molar-refractivity contribution in [3.63, 3.8) is 0 Å². The molecule has 0 unspecified atom stereocenters. The molecule has 114 valence electrons. The third-order valence-electron chi connectivity index (χ3n) is 3.21. The normalized spacial score (nSPS) is 11.0. The lowest BCUT2D eigenvalue weighted by Gasteiger charge is -2.03. The Morgan fingerprint density at radius 1 is 0.957 bits per heavy atom. The molecule has 0 saturated heterocycles. The second kappa shape index (κ2) is 6.65. The van der Waals surface area contributed by atoms with Crippen LogP contribution in [0.25, 0.3) is 0 Å². The summed E-state index contributed by atoms with van der Waals surface area (Å²) in [5, 5.41) is 7.91. The Morgan fingerprint density at radius 2 is 1.61 bits per heavy atom. The molecule has 3 rings (SSSR count). The summed E-state index contributed by atoms with van der Waals surface area (Å²) in [4.78, 5) is 19.1. The van der Waals surface area contributed by atoms with E-state index in [4.69, 9.17) is 5.73 Å². The monoisotopic (exact) mass is 305 g/mol. The predicted molar refractivity (Wildman–Crippen MR) is 89.1 cm³/mol. The average molecular weight is 305 g/mol. The van der Waals surface area contributed by atoms with Crippen LogP contribution in [-0.4, -0.2) is 9.97 Å². The Bertz CT molecular complexity index is 872. The number of nitrogens with one attached hydrogen (secondary N) is 1. The highest BCUT2D eigenvalue weighted by Crippen LogP contribution is 2.19. The van der Waals surface area contributed by atoms with Crippen LogP contribution in [0.5, 0.6) is 0 Å². The molecule has 0 atom stereocenters. The number of azo groups is 1. The van der Waals surface area contributed by atoms with E-state index in [0.717, 1.165) is 5.56 Å². The first-order valence-corrected chi connectivity index (χ1v) is 7.12. The summed E-state index contributed by atoms with van der Waals surface area (Å²) in [6.07, 6.45) is 0.496. The number of rotatable bonds is 4. The van der Waals surface area contributed by atoms with E-state index in [1.807, 2.05) is 48.5 Å². The Hall–Kier alpha value is -3.28. The summed E-state index contributed by atoms with van der Waals surface area (Å²) in [6.45, 7) is 0. The van der Waals surface area contributed by atoms with E-state index in [2.05, 4.69) is 20.2 Å². The van der Waals surface area contributed by atoms with Gasteiger partial charge in [-0.2, -0.15) is 5.11 Å². The molecule has 0 aliphatic heterocycles. The summed E-state index contributed by atoms with van der Waals surface area (Å²) < 4.78 is 0. The highest BCUT2D eigenvalue weighted by molar-refractivity contribution is 5.55. The van der Waals surface area contributed by atoms with Gasteiger partial charge in [0.2, 0.25) is 0 Å². The highest BCUT2D eigenvalue weighted by atomic mass is 16.1. The molecule has 2 aromatic carbocycles. The first kappa shape index (κ1) is 14.6. The Kier molecular flexibility index (Phi) is 4.24. The van der Waals surface area contributed by atoms with E-state index in [9.17, 15) is 4.79 Å². The van der Waals surface area contributed by atoms with Crippen molar-refractivity contribution in [2.24, 2.45) is 10.2 Å². The van der Waals surface area contributed by atoms with Gasteiger partial charge in [0.25, 0.3) is 5.56 Å². The summed E-state index contributed by atoms with van der Waals surface area (Å²) in [5.74, 6) is 0.566. The van der Waals surface area contributed by atoms with E-state index in [1.54, 1.807) is 12.1 Å². The molecule has 0 saturated carbocycles. The van der Waals surface area contributed by atoms with Gasteiger partial charge in [0, 0.05) is 6.42 Å². The predicted octanol–water partition coefficient (Wildman–Crippen LogP) is 3.36. The molecular weight excluding hydrogens is 290 g/mol. The lowest BCUT2D eigenvalue weighted by molar-refractivity contribution is 0.946. The zero-order valence-corrected chi connectivity index (χ0v) is 12.3. The maximum absolute atomic E-state index is 12.1. The molecule has 0 aliphatic rings. The number of benzene rings is 2. The molecule has 0 amide bonds. The van der Waals surface area contributed by atoms with E-state index in [-0.39, 0.29) is 11.5 Å². The van der Waals surface area contributed by atoms with Crippen molar-refractivity contribution in [3.05, 3.63) is 82.4 Å². The Morgan fingerprint density at radius 3 is 2.26 bits per heavy atom. The van der Waals surface area contributed by atoms with Crippen molar-refractivity contribution < 1.29 is 0 Å². The quantitative estimate of drug-likeness (QED) is 0.723. The Labute approximate surface area is 132 Å². The van der Waals surface area contributed by atoms with E-state index in [1.165, 1.54) is 0 Å². The third-order valence-corrected chi connectivity index (χ3v) is 3.21. The van der Waals surface area contributed by atoms with Crippen LogP contribution < -0.4 is 11.3 Å². The van der Waals surface area contributed by atoms with Gasteiger partial charge in [-0.3, -0.25) is 4.79 Å². The van der Waals surface area contributed by atoms with Gasteiger partial charge in [-0.05, 0) is 17.7 Å². The van der Waals surface area contributed by atoms with Gasteiger partial charge in [-0.25, -0.2) is 4.98 Å². The van der Waals surface area contributed by atoms with Crippen LogP contribution in [0.2, 0.25) is 0 Å². The van der Waals surface area contributed by atoms with E-state index in [0.29, 0.717) is 17.9 Å². The molecule has 0 spiro atoms. The summed E-state index contributed by atoms with van der Waals surface area (Å²) in [6, 6.07) is 18.8. The molecular formula is C17H15N5O. The van der Waals surface area contributed by atoms with Crippen molar-refractivity contribution in [2.75, 3.05) is 5.73 Å². The molecule has 0 radical (unpaired) electrons. The van der Waals surface area contributed by atoms with Crippen molar-refractivity contribution >= 4 is 17.2 Å². The van der Waals surface area contributed by atoms with Gasteiger partial charge in [0.15, 0.2) is 11.5 Å². The van der Waals surface area contributed by atoms with Gasteiger partial charge in [-0.15, -0.1) is 5.11 Å². The minimum absolute atomic E-state index is 0.0191. The first-order chi connectivity index (χ1) is 11.2.